The molecule has 0 radical (unpaired) electrons. The van der Waals surface area contributed by atoms with Crippen LogP contribution in [0.4, 0.5) is 0 Å². The quantitative estimate of drug-likeness (QED) is 0.581. The number of hydrogen-bond acceptors (Lipinski definition) is 2. The first kappa shape index (κ1) is 12.4. The van der Waals surface area contributed by atoms with E-state index in [0.29, 0.717) is 11.8 Å². The standard InChI is InChI=1S/C14H22N2O/c1-4-5-6-7-13(17)16-10-11-8-15-9-12(11)14(16,2)3/h4-7,11-12,15H,8-10H2,1-3H3. The van der Waals surface area contributed by atoms with Crippen molar-refractivity contribution < 1.29 is 4.79 Å². The van der Waals surface area contributed by atoms with Gasteiger partial charge in [0, 0.05) is 31.2 Å². The minimum atomic E-state index is -0.0223. The molecule has 2 fully saturated rings. The van der Waals surface area contributed by atoms with Gasteiger partial charge in [-0.05, 0) is 32.6 Å². The maximum absolute atomic E-state index is 12.2. The van der Waals surface area contributed by atoms with Crippen molar-refractivity contribution in [2.75, 3.05) is 19.6 Å². The molecule has 0 bridgehead atoms. The van der Waals surface area contributed by atoms with E-state index < -0.39 is 0 Å². The lowest BCUT2D eigenvalue weighted by atomic mass is 9.85. The molecule has 0 aromatic heterocycles. The molecule has 3 heteroatoms. The minimum Gasteiger partial charge on any atom is -0.333 e. The van der Waals surface area contributed by atoms with Crippen LogP contribution in [0, 0.1) is 11.8 Å². The van der Waals surface area contributed by atoms with Crippen LogP contribution >= 0.6 is 0 Å². The van der Waals surface area contributed by atoms with Crippen molar-refractivity contribution >= 4 is 5.91 Å². The van der Waals surface area contributed by atoms with Crippen LogP contribution < -0.4 is 5.32 Å². The summed E-state index contributed by atoms with van der Waals surface area (Å²) in [6, 6.07) is 0. The molecule has 0 aromatic carbocycles. The highest BCUT2D eigenvalue weighted by molar-refractivity contribution is 5.88. The van der Waals surface area contributed by atoms with Gasteiger partial charge in [-0.25, -0.2) is 0 Å². The molecule has 0 spiro atoms. The second-order valence-corrected chi connectivity index (χ2v) is 5.51. The maximum Gasteiger partial charge on any atom is 0.247 e. The van der Waals surface area contributed by atoms with Gasteiger partial charge in [-0.3, -0.25) is 4.79 Å². The Balaban J connectivity index is 2.09. The molecule has 2 atom stereocenters. The van der Waals surface area contributed by atoms with E-state index >= 15 is 0 Å². The highest BCUT2D eigenvalue weighted by Gasteiger charge is 2.50. The van der Waals surface area contributed by atoms with Gasteiger partial charge in [-0.2, -0.15) is 0 Å². The summed E-state index contributed by atoms with van der Waals surface area (Å²) < 4.78 is 0. The Labute approximate surface area is 104 Å². The predicted octanol–water partition coefficient (Wildman–Crippen LogP) is 1.58. The summed E-state index contributed by atoms with van der Waals surface area (Å²) in [5.74, 6) is 1.37. The molecule has 94 valence electrons. The lowest BCUT2D eigenvalue weighted by Crippen LogP contribution is -2.47. The number of hydrogen-bond donors (Lipinski definition) is 1. The molecule has 2 unspecified atom stereocenters. The van der Waals surface area contributed by atoms with Gasteiger partial charge in [-0.15, -0.1) is 0 Å². The Hall–Kier alpha value is -1.09. The topological polar surface area (TPSA) is 32.3 Å². The van der Waals surface area contributed by atoms with Crippen LogP contribution in [0.3, 0.4) is 0 Å². The van der Waals surface area contributed by atoms with E-state index in [4.69, 9.17) is 0 Å². The fraction of sp³-hybridized carbons (Fsp3) is 0.643. The molecule has 0 aromatic rings. The summed E-state index contributed by atoms with van der Waals surface area (Å²) in [7, 11) is 0. The Morgan fingerprint density at radius 3 is 2.76 bits per heavy atom. The molecule has 3 nitrogen and oxygen atoms in total. The fourth-order valence-corrected chi connectivity index (χ4v) is 3.13. The number of likely N-dealkylation sites (tertiary alicyclic amines) is 1. The molecular weight excluding hydrogens is 212 g/mol. The van der Waals surface area contributed by atoms with E-state index in [1.54, 1.807) is 6.08 Å². The summed E-state index contributed by atoms with van der Waals surface area (Å²) in [6.45, 7) is 9.31. The van der Waals surface area contributed by atoms with Crippen molar-refractivity contribution in [2.24, 2.45) is 11.8 Å². The van der Waals surface area contributed by atoms with Gasteiger partial charge in [0.1, 0.15) is 0 Å². The highest BCUT2D eigenvalue weighted by atomic mass is 16.2. The van der Waals surface area contributed by atoms with Crippen molar-refractivity contribution in [1.29, 1.82) is 0 Å². The van der Waals surface area contributed by atoms with Crippen molar-refractivity contribution in [3.05, 3.63) is 24.3 Å². The average Bonchev–Trinajstić information content (AvgIpc) is 2.81. The van der Waals surface area contributed by atoms with Crippen molar-refractivity contribution in [3.8, 4) is 0 Å². The van der Waals surface area contributed by atoms with E-state index in [-0.39, 0.29) is 11.4 Å². The SMILES string of the molecule is CC=CC=CC(=O)N1CC2CNCC2C1(C)C. The van der Waals surface area contributed by atoms with Crippen LogP contribution in [0.2, 0.25) is 0 Å². The molecule has 2 rings (SSSR count). The van der Waals surface area contributed by atoms with Gasteiger partial charge < -0.3 is 10.2 Å². The molecule has 2 aliphatic heterocycles. The molecule has 2 aliphatic rings. The summed E-state index contributed by atoms with van der Waals surface area (Å²) in [4.78, 5) is 14.2. The third-order valence-electron chi connectivity index (χ3n) is 4.17. The first-order valence-corrected chi connectivity index (χ1v) is 6.39. The summed E-state index contributed by atoms with van der Waals surface area (Å²) in [5, 5.41) is 3.42. The summed E-state index contributed by atoms with van der Waals surface area (Å²) in [5.41, 5.74) is -0.0223. The highest BCUT2D eigenvalue weighted by Crippen LogP contribution is 2.40. The van der Waals surface area contributed by atoms with E-state index in [1.807, 2.05) is 30.1 Å². The lowest BCUT2D eigenvalue weighted by molar-refractivity contribution is -0.129. The number of carbonyl (C=O) groups excluding carboxylic acids is 1. The van der Waals surface area contributed by atoms with Crippen LogP contribution in [0.25, 0.3) is 0 Å². The Bertz CT molecular complexity index is 357. The Morgan fingerprint density at radius 2 is 2.12 bits per heavy atom. The fourth-order valence-electron chi connectivity index (χ4n) is 3.13. The van der Waals surface area contributed by atoms with E-state index in [0.717, 1.165) is 19.6 Å². The normalized spacial score (nSPS) is 31.6. The molecule has 2 heterocycles. The van der Waals surface area contributed by atoms with Crippen LogP contribution in [0.1, 0.15) is 20.8 Å². The van der Waals surface area contributed by atoms with Gasteiger partial charge in [-0.1, -0.05) is 18.2 Å². The third kappa shape index (κ3) is 2.16. The van der Waals surface area contributed by atoms with Crippen LogP contribution in [-0.2, 0) is 4.79 Å². The number of nitrogens with zero attached hydrogens (tertiary/aromatic N) is 1. The number of nitrogens with one attached hydrogen (secondary N) is 1. The average molecular weight is 234 g/mol. The monoisotopic (exact) mass is 234 g/mol. The molecule has 17 heavy (non-hydrogen) atoms. The smallest absolute Gasteiger partial charge is 0.247 e. The third-order valence-corrected chi connectivity index (χ3v) is 4.17. The minimum absolute atomic E-state index is 0.0223. The maximum atomic E-state index is 12.2. The van der Waals surface area contributed by atoms with Gasteiger partial charge in [0.2, 0.25) is 5.91 Å². The molecule has 1 N–H and O–H groups in total. The van der Waals surface area contributed by atoms with Crippen molar-refractivity contribution in [2.45, 2.75) is 26.3 Å². The van der Waals surface area contributed by atoms with Crippen LogP contribution in [0.15, 0.2) is 24.3 Å². The predicted molar refractivity (Wildman–Crippen MR) is 69.6 cm³/mol. The zero-order valence-corrected chi connectivity index (χ0v) is 10.9. The molecule has 1 amide bonds. The van der Waals surface area contributed by atoms with Crippen LogP contribution in [-0.4, -0.2) is 36.0 Å². The first-order chi connectivity index (χ1) is 8.07. The van der Waals surface area contributed by atoms with Crippen LogP contribution in [0.5, 0.6) is 0 Å². The number of rotatable bonds is 2. The number of carbonyl (C=O) groups is 1. The summed E-state index contributed by atoms with van der Waals surface area (Å²) >= 11 is 0. The zero-order valence-electron chi connectivity index (χ0n) is 10.9. The Kier molecular flexibility index (Phi) is 3.38. The number of allylic oxidation sites excluding steroid dienone is 3. The zero-order chi connectivity index (χ0) is 12.5. The lowest BCUT2D eigenvalue weighted by Gasteiger charge is -2.35. The molecule has 0 aliphatic carbocycles. The molecule has 2 saturated heterocycles. The van der Waals surface area contributed by atoms with Crippen molar-refractivity contribution in [1.82, 2.24) is 10.2 Å². The van der Waals surface area contributed by atoms with E-state index in [2.05, 4.69) is 19.2 Å². The van der Waals surface area contributed by atoms with Gasteiger partial charge in [0.05, 0.1) is 0 Å². The second kappa shape index (κ2) is 4.65. The largest absolute Gasteiger partial charge is 0.333 e. The van der Waals surface area contributed by atoms with E-state index in [9.17, 15) is 4.79 Å². The van der Waals surface area contributed by atoms with Gasteiger partial charge >= 0.3 is 0 Å². The second-order valence-electron chi connectivity index (χ2n) is 5.51. The number of amides is 1. The molecular formula is C14H22N2O. The van der Waals surface area contributed by atoms with Crippen molar-refractivity contribution in [3.63, 3.8) is 0 Å². The molecule has 0 saturated carbocycles. The summed E-state index contributed by atoms with van der Waals surface area (Å²) in [6.07, 6.45) is 7.32. The van der Waals surface area contributed by atoms with Gasteiger partial charge in [0.25, 0.3) is 0 Å². The van der Waals surface area contributed by atoms with Gasteiger partial charge in [0.15, 0.2) is 0 Å². The number of fused-ring (bicyclic) bond motifs is 1. The Morgan fingerprint density at radius 1 is 1.35 bits per heavy atom. The first-order valence-electron chi connectivity index (χ1n) is 6.39. The van der Waals surface area contributed by atoms with E-state index in [1.165, 1.54) is 0 Å².